The molecule has 0 saturated carbocycles. The van der Waals surface area contributed by atoms with Crippen LogP contribution in [0, 0.1) is 0 Å². The van der Waals surface area contributed by atoms with Crippen LogP contribution < -0.4 is 0 Å². The van der Waals surface area contributed by atoms with E-state index in [0.29, 0.717) is 6.04 Å². The van der Waals surface area contributed by atoms with Gasteiger partial charge in [0.15, 0.2) is 0 Å². The lowest BCUT2D eigenvalue weighted by molar-refractivity contribution is 0.103. The van der Waals surface area contributed by atoms with Gasteiger partial charge in [-0.25, -0.2) is 0 Å². The summed E-state index contributed by atoms with van der Waals surface area (Å²) in [7, 11) is 4.24. The molecule has 0 aromatic heterocycles. The molecule has 0 spiro atoms. The van der Waals surface area contributed by atoms with Crippen molar-refractivity contribution in [1.82, 2.24) is 9.80 Å². The van der Waals surface area contributed by atoms with Crippen LogP contribution in [0.5, 0.6) is 0 Å². The smallest absolute Gasteiger partial charge is 0.0634 e. The van der Waals surface area contributed by atoms with Crippen molar-refractivity contribution < 1.29 is 4.74 Å². The molecule has 0 bridgehead atoms. The van der Waals surface area contributed by atoms with E-state index in [1.165, 1.54) is 0 Å². The lowest BCUT2D eigenvalue weighted by Crippen LogP contribution is -2.41. The van der Waals surface area contributed by atoms with Crippen LogP contribution in [0.3, 0.4) is 0 Å². The molecule has 0 aromatic carbocycles. The fraction of sp³-hybridized carbons (Fsp3) is 1.00. The second-order valence-electron chi connectivity index (χ2n) is 3.59. The van der Waals surface area contributed by atoms with Crippen molar-refractivity contribution in [1.29, 1.82) is 0 Å². The lowest BCUT2D eigenvalue weighted by atomic mass is 10.2. The Balaban J connectivity index is 2.42. The highest BCUT2D eigenvalue weighted by Crippen LogP contribution is 2.03. The highest BCUT2D eigenvalue weighted by molar-refractivity contribution is 4.73. The summed E-state index contributed by atoms with van der Waals surface area (Å²) in [5, 5.41) is 0. The molecule has 0 aromatic rings. The topological polar surface area (TPSA) is 15.7 Å². The number of rotatable bonds is 2. The van der Waals surface area contributed by atoms with Crippen LogP contribution >= 0.6 is 0 Å². The molecule has 0 unspecified atom stereocenters. The van der Waals surface area contributed by atoms with Gasteiger partial charge in [0.2, 0.25) is 0 Å². The van der Waals surface area contributed by atoms with Crippen molar-refractivity contribution in [3.63, 3.8) is 0 Å². The summed E-state index contributed by atoms with van der Waals surface area (Å²) in [4.78, 5) is 4.69. The van der Waals surface area contributed by atoms with Gasteiger partial charge in [-0.05, 0) is 20.6 Å². The van der Waals surface area contributed by atoms with Crippen molar-refractivity contribution in [2.45, 2.75) is 13.0 Å². The van der Waals surface area contributed by atoms with Crippen LogP contribution in [0.25, 0.3) is 0 Å². The van der Waals surface area contributed by atoms with E-state index in [0.717, 1.165) is 32.8 Å². The number of likely N-dealkylation sites (N-methyl/N-ethyl adjacent to an activating group) is 2. The van der Waals surface area contributed by atoms with Crippen LogP contribution in [0.2, 0.25) is 0 Å². The molecule has 3 heteroatoms. The molecule has 1 rings (SSSR count). The Morgan fingerprint density at radius 1 is 1.50 bits per heavy atom. The Morgan fingerprint density at radius 3 is 2.83 bits per heavy atom. The van der Waals surface area contributed by atoms with Gasteiger partial charge in [-0.1, -0.05) is 6.92 Å². The van der Waals surface area contributed by atoms with E-state index >= 15 is 0 Å². The summed E-state index contributed by atoms with van der Waals surface area (Å²) in [5.41, 5.74) is 0. The van der Waals surface area contributed by atoms with Crippen LogP contribution in [0.15, 0.2) is 0 Å². The zero-order chi connectivity index (χ0) is 8.97. The molecule has 0 aliphatic carbocycles. The third kappa shape index (κ3) is 2.73. The number of ether oxygens (including phenoxy) is 1. The van der Waals surface area contributed by atoms with Crippen LogP contribution in [-0.4, -0.2) is 62.8 Å². The first-order valence-corrected chi connectivity index (χ1v) is 4.70. The first-order chi connectivity index (χ1) is 5.74. The molecule has 1 atom stereocenters. The van der Waals surface area contributed by atoms with Gasteiger partial charge in [-0.3, -0.25) is 4.90 Å². The van der Waals surface area contributed by atoms with E-state index in [1.54, 1.807) is 0 Å². The molecular formula is C9H20N2O. The fourth-order valence-corrected chi connectivity index (χ4v) is 1.45. The molecule has 3 nitrogen and oxygen atoms in total. The average Bonchev–Trinajstić information content (AvgIpc) is 2.28. The largest absolute Gasteiger partial charge is 0.378 e. The second-order valence-corrected chi connectivity index (χ2v) is 3.59. The van der Waals surface area contributed by atoms with E-state index in [1.807, 2.05) is 0 Å². The number of nitrogens with zero attached hydrogens (tertiary/aromatic N) is 2. The van der Waals surface area contributed by atoms with Gasteiger partial charge in [0, 0.05) is 19.1 Å². The highest BCUT2D eigenvalue weighted by atomic mass is 16.5. The third-order valence-corrected chi connectivity index (χ3v) is 2.51. The van der Waals surface area contributed by atoms with Gasteiger partial charge >= 0.3 is 0 Å². The van der Waals surface area contributed by atoms with E-state index < -0.39 is 0 Å². The van der Waals surface area contributed by atoms with Gasteiger partial charge in [0.25, 0.3) is 0 Å². The van der Waals surface area contributed by atoms with Crippen LogP contribution in [-0.2, 0) is 4.74 Å². The maximum absolute atomic E-state index is 5.52. The van der Waals surface area contributed by atoms with Gasteiger partial charge in [0.05, 0.1) is 13.2 Å². The van der Waals surface area contributed by atoms with Gasteiger partial charge < -0.3 is 9.64 Å². The molecule has 0 amide bonds. The minimum atomic E-state index is 0.562. The molecule has 72 valence electrons. The number of hydrogen-bond donors (Lipinski definition) is 0. The van der Waals surface area contributed by atoms with Gasteiger partial charge in [0.1, 0.15) is 0 Å². The first kappa shape index (κ1) is 9.96. The van der Waals surface area contributed by atoms with Crippen molar-refractivity contribution in [2.24, 2.45) is 0 Å². The first-order valence-electron chi connectivity index (χ1n) is 4.70. The molecule has 1 saturated heterocycles. The molecule has 0 N–H and O–H groups in total. The molecule has 0 radical (unpaired) electrons. The summed E-state index contributed by atoms with van der Waals surface area (Å²) >= 11 is 0. The monoisotopic (exact) mass is 172 g/mol. The summed E-state index contributed by atoms with van der Waals surface area (Å²) in [6, 6.07) is 0.562. The zero-order valence-electron chi connectivity index (χ0n) is 8.42. The summed E-state index contributed by atoms with van der Waals surface area (Å²) < 4.78 is 5.52. The van der Waals surface area contributed by atoms with Crippen molar-refractivity contribution in [3.05, 3.63) is 0 Å². The predicted molar refractivity (Wildman–Crippen MR) is 50.4 cm³/mol. The predicted octanol–water partition coefficient (Wildman–Crippen LogP) is 0.269. The molecule has 1 fully saturated rings. The minimum absolute atomic E-state index is 0.562. The Bertz CT molecular complexity index is 128. The Kier molecular flexibility index (Phi) is 3.98. The van der Waals surface area contributed by atoms with Crippen molar-refractivity contribution >= 4 is 0 Å². The second kappa shape index (κ2) is 4.80. The Morgan fingerprint density at radius 2 is 2.25 bits per heavy atom. The molecular weight excluding hydrogens is 152 g/mol. The maximum atomic E-state index is 5.52. The fourth-order valence-electron chi connectivity index (χ4n) is 1.45. The van der Waals surface area contributed by atoms with Gasteiger partial charge in [-0.15, -0.1) is 0 Å². The number of hydrogen-bond acceptors (Lipinski definition) is 3. The lowest BCUT2D eigenvalue weighted by Gasteiger charge is -2.26. The van der Waals surface area contributed by atoms with E-state index in [9.17, 15) is 0 Å². The molecule has 1 aliphatic heterocycles. The van der Waals surface area contributed by atoms with E-state index in [-0.39, 0.29) is 0 Å². The van der Waals surface area contributed by atoms with Gasteiger partial charge in [-0.2, -0.15) is 0 Å². The Labute approximate surface area is 75.3 Å². The zero-order valence-corrected chi connectivity index (χ0v) is 8.42. The summed E-state index contributed by atoms with van der Waals surface area (Å²) in [5.74, 6) is 0. The maximum Gasteiger partial charge on any atom is 0.0634 e. The van der Waals surface area contributed by atoms with Crippen LogP contribution in [0.4, 0.5) is 0 Å². The van der Waals surface area contributed by atoms with Crippen molar-refractivity contribution in [2.75, 3.05) is 46.9 Å². The quantitative estimate of drug-likeness (QED) is 0.594. The average molecular weight is 172 g/mol. The summed E-state index contributed by atoms with van der Waals surface area (Å²) in [6.45, 7) is 7.33. The molecule has 12 heavy (non-hydrogen) atoms. The highest BCUT2D eigenvalue weighted by Gasteiger charge is 2.18. The molecule has 1 aliphatic rings. The van der Waals surface area contributed by atoms with Crippen molar-refractivity contribution in [3.8, 4) is 0 Å². The normalized spacial score (nSPS) is 27.5. The standard InChI is InChI=1S/C9H20N2O/c1-4-11-5-6-12-8-9(7-11)10(2)3/h9H,4-8H2,1-3H3/t9-/m0/s1. The minimum Gasteiger partial charge on any atom is -0.378 e. The van der Waals surface area contributed by atoms with E-state index in [2.05, 4.69) is 30.8 Å². The third-order valence-electron chi connectivity index (χ3n) is 2.51. The Hall–Kier alpha value is -0.120. The van der Waals surface area contributed by atoms with E-state index in [4.69, 9.17) is 4.74 Å². The van der Waals surface area contributed by atoms with Crippen LogP contribution in [0.1, 0.15) is 6.92 Å². The summed E-state index contributed by atoms with van der Waals surface area (Å²) in [6.07, 6.45) is 0. The molecule has 1 heterocycles. The SMILES string of the molecule is CCN1CCOC[C@@H](N(C)C)C1.